The van der Waals surface area contributed by atoms with E-state index >= 15 is 0 Å². The van der Waals surface area contributed by atoms with Crippen LogP contribution in [0.4, 0.5) is 5.13 Å². The largest absolute Gasteiger partial charge is 0.497 e. The maximum Gasteiger partial charge on any atom is 0.297 e. The average Bonchev–Trinajstić information content (AvgIpc) is 3.45. The molecule has 4 aromatic rings. The highest BCUT2D eigenvalue weighted by atomic mass is 32.1. The molecule has 0 fully saturated rings. The van der Waals surface area contributed by atoms with Gasteiger partial charge in [0.1, 0.15) is 33.9 Å². The number of carbonyl (C=O) groups excluding carboxylic acids is 1. The van der Waals surface area contributed by atoms with E-state index in [2.05, 4.69) is 10.2 Å². The normalized spacial score (nSPS) is 15.0. The summed E-state index contributed by atoms with van der Waals surface area (Å²) in [6.07, 6.45) is 0.667. The third-order valence-corrected chi connectivity index (χ3v) is 6.84. The van der Waals surface area contributed by atoms with Crippen molar-refractivity contribution < 1.29 is 23.4 Å². The zero-order chi connectivity index (χ0) is 24.0. The summed E-state index contributed by atoms with van der Waals surface area (Å²) in [6, 6.07) is 9.30. The SMILES string of the molecule is CCc1nnc(N2C(=O)c3oc4cc(OC)ccc4c(=O)c3C2c2cc(OC)ccc2OC)s1. The maximum atomic E-state index is 13.8. The fourth-order valence-corrected chi connectivity index (χ4v) is 4.91. The second kappa shape index (κ2) is 8.45. The van der Waals surface area contributed by atoms with E-state index in [9.17, 15) is 9.59 Å². The van der Waals surface area contributed by atoms with Crippen molar-refractivity contribution in [3.63, 3.8) is 0 Å². The highest BCUT2D eigenvalue weighted by Gasteiger charge is 2.46. The number of nitrogens with zero attached hydrogens (tertiary/aromatic N) is 3. The fraction of sp³-hybridized carbons (Fsp3) is 0.250. The number of fused-ring (bicyclic) bond motifs is 2. The molecule has 1 aliphatic heterocycles. The van der Waals surface area contributed by atoms with Crippen LogP contribution in [0.3, 0.4) is 0 Å². The van der Waals surface area contributed by atoms with Gasteiger partial charge in [0, 0.05) is 11.6 Å². The van der Waals surface area contributed by atoms with Crippen LogP contribution < -0.4 is 24.5 Å². The van der Waals surface area contributed by atoms with Crippen molar-refractivity contribution in [2.45, 2.75) is 19.4 Å². The molecule has 9 nitrogen and oxygen atoms in total. The summed E-state index contributed by atoms with van der Waals surface area (Å²) in [4.78, 5) is 28.9. The van der Waals surface area contributed by atoms with E-state index in [0.717, 1.165) is 5.01 Å². The second-order valence-corrected chi connectivity index (χ2v) is 8.59. The number of aromatic nitrogens is 2. The molecule has 0 saturated carbocycles. The van der Waals surface area contributed by atoms with E-state index in [1.165, 1.54) is 30.5 Å². The molecule has 2 aromatic heterocycles. The molecule has 174 valence electrons. The van der Waals surface area contributed by atoms with E-state index in [-0.39, 0.29) is 22.3 Å². The van der Waals surface area contributed by atoms with E-state index in [4.69, 9.17) is 18.6 Å². The van der Waals surface area contributed by atoms with Gasteiger partial charge in [0.15, 0.2) is 5.43 Å². The average molecular weight is 480 g/mol. The number of ether oxygens (including phenoxy) is 3. The Labute approximate surface area is 198 Å². The van der Waals surface area contributed by atoms with Crippen molar-refractivity contribution in [1.29, 1.82) is 0 Å². The zero-order valence-corrected chi connectivity index (χ0v) is 19.8. The molecule has 1 amide bonds. The van der Waals surface area contributed by atoms with Crippen molar-refractivity contribution in [1.82, 2.24) is 10.2 Å². The van der Waals surface area contributed by atoms with Crippen molar-refractivity contribution >= 4 is 33.3 Å². The van der Waals surface area contributed by atoms with Gasteiger partial charge >= 0.3 is 0 Å². The van der Waals surface area contributed by atoms with Gasteiger partial charge in [0.05, 0.1) is 32.3 Å². The van der Waals surface area contributed by atoms with Crippen molar-refractivity contribution in [3.05, 3.63) is 68.5 Å². The number of benzene rings is 2. The summed E-state index contributed by atoms with van der Waals surface area (Å²) in [7, 11) is 4.60. The zero-order valence-electron chi connectivity index (χ0n) is 18.9. The third kappa shape index (κ3) is 3.29. The summed E-state index contributed by atoms with van der Waals surface area (Å²) in [5.41, 5.74) is 0.732. The Kier molecular flexibility index (Phi) is 5.45. The van der Waals surface area contributed by atoms with Crippen LogP contribution in [0.25, 0.3) is 11.0 Å². The van der Waals surface area contributed by atoms with Gasteiger partial charge in [0.25, 0.3) is 5.91 Å². The number of carbonyl (C=O) groups is 1. The number of hydrogen-bond donors (Lipinski definition) is 0. The summed E-state index contributed by atoms with van der Waals surface area (Å²) in [5, 5.41) is 9.89. The molecule has 0 saturated heterocycles. The minimum atomic E-state index is -0.840. The Bertz CT molecular complexity index is 1480. The van der Waals surface area contributed by atoms with Crippen LogP contribution in [-0.2, 0) is 6.42 Å². The molecule has 3 heterocycles. The molecule has 0 radical (unpaired) electrons. The topological polar surface area (TPSA) is 104 Å². The molecular formula is C24H21N3O6S. The predicted molar refractivity (Wildman–Crippen MR) is 127 cm³/mol. The third-order valence-electron chi connectivity index (χ3n) is 5.78. The van der Waals surface area contributed by atoms with E-state index in [0.29, 0.717) is 39.8 Å². The van der Waals surface area contributed by atoms with Crippen LogP contribution in [0.5, 0.6) is 17.2 Å². The van der Waals surface area contributed by atoms with Crippen molar-refractivity contribution in [2.75, 3.05) is 26.2 Å². The number of aryl methyl sites for hydroxylation is 1. The Hall–Kier alpha value is -3.92. The molecule has 0 N–H and O–H groups in total. The molecule has 1 aliphatic rings. The lowest BCUT2D eigenvalue weighted by molar-refractivity contribution is 0.0970. The first-order valence-corrected chi connectivity index (χ1v) is 11.3. The van der Waals surface area contributed by atoms with Crippen LogP contribution in [-0.4, -0.2) is 37.4 Å². The summed E-state index contributed by atoms with van der Waals surface area (Å²) >= 11 is 1.29. The fourth-order valence-electron chi connectivity index (χ4n) is 4.11. The van der Waals surface area contributed by atoms with E-state index in [1.807, 2.05) is 6.92 Å². The summed E-state index contributed by atoms with van der Waals surface area (Å²) in [6.45, 7) is 1.96. The minimum Gasteiger partial charge on any atom is -0.497 e. The smallest absolute Gasteiger partial charge is 0.297 e. The van der Waals surface area contributed by atoms with Crippen LogP contribution in [0.1, 0.15) is 39.7 Å². The first kappa shape index (κ1) is 21.9. The first-order chi connectivity index (χ1) is 16.5. The van der Waals surface area contributed by atoms with Gasteiger partial charge in [0.2, 0.25) is 10.9 Å². The highest BCUT2D eigenvalue weighted by Crippen LogP contribution is 2.45. The summed E-state index contributed by atoms with van der Waals surface area (Å²) < 4.78 is 22.3. The number of rotatable bonds is 6. The van der Waals surface area contributed by atoms with Crippen LogP contribution in [0.15, 0.2) is 45.6 Å². The predicted octanol–water partition coefficient (Wildman–Crippen LogP) is 3.98. The van der Waals surface area contributed by atoms with Crippen LogP contribution >= 0.6 is 11.3 Å². The Balaban J connectivity index is 1.82. The first-order valence-electron chi connectivity index (χ1n) is 10.5. The van der Waals surface area contributed by atoms with Crippen molar-refractivity contribution in [3.8, 4) is 17.2 Å². The highest BCUT2D eigenvalue weighted by molar-refractivity contribution is 7.15. The minimum absolute atomic E-state index is 0.0473. The Morgan fingerprint density at radius 2 is 1.74 bits per heavy atom. The van der Waals surface area contributed by atoms with Gasteiger partial charge < -0.3 is 18.6 Å². The molecular weight excluding hydrogens is 458 g/mol. The van der Waals surface area contributed by atoms with Crippen molar-refractivity contribution in [2.24, 2.45) is 0 Å². The lowest BCUT2D eigenvalue weighted by Gasteiger charge is -2.24. The molecule has 2 aromatic carbocycles. The van der Waals surface area contributed by atoms with E-state index < -0.39 is 11.9 Å². The summed E-state index contributed by atoms with van der Waals surface area (Å²) in [5.74, 6) is 1.03. The van der Waals surface area contributed by atoms with Gasteiger partial charge in [-0.15, -0.1) is 10.2 Å². The molecule has 0 bridgehead atoms. The molecule has 0 spiro atoms. The number of anilines is 1. The van der Waals surface area contributed by atoms with E-state index in [1.54, 1.807) is 43.5 Å². The molecule has 1 unspecified atom stereocenters. The standard InChI is InChI=1S/C24H21N3O6S/c1-5-18-25-26-24(34-18)27-20(15-10-12(30-2)7-9-16(15)32-4)19-21(28)14-8-6-13(31-3)11-17(14)33-22(19)23(27)29/h6-11,20H,5H2,1-4H3. The van der Waals surface area contributed by atoms with Gasteiger partial charge in [-0.2, -0.15) is 0 Å². The molecule has 10 heteroatoms. The number of methoxy groups -OCH3 is 3. The van der Waals surface area contributed by atoms with Gasteiger partial charge in [-0.3, -0.25) is 14.5 Å². The van der Waals surface area contributed by atoms with Gasteiger partial charge in [-0.25, -0.2) is 0 Å². The second-order valence-electron chi connectivity index (χ2n) is 7.55. The van der Waals surface area contributed by atoms with Crippen LogP contribution in [0.2, 0.25) is 0 Å². The number of hydrogen-bond acceptors (Lipinski definition) is 9. The monoisotopic (exact) mass is 479 g/mol. The van der Waals surface area contributed by atoms with Gasteiger partial charge in [-0.05, 0) is 36.8 Å². The van der Waals surface area contributed by atoms with Crippen LogP contribution in [0, 0.1) is 0 Å². The Morgan fingerprint density at radius 3 is 2.41 bits per heavy atom. The quantitative estimate of drug-likeness (QED) is 0.409. The maximum absolute atomic E-state index is 13.8. The number of amides is 1. The molecule has 0 aliphatic carbocycles. The molecule has 1 atom stereocenters. The molecule has 34 heavy (non-hydrogen) atoms. The molecule has 5 rings (SSSR count). The lowest BCUT2D eigenvalue weighted by Crippen LogP contribution is -2.29. The Morgan fingerprint density at radius 1 is 1.00 bits per heavy atom. The lowest BCUT2D eigenvalue weighted by atomic mass is 9.97. The van der Waals surface area contributed by atoms with Gasteiger partial charge in [-0.1, -0.05) is 18.3 Å².